The summed E-state index contributed by atoms with van der Waals surface area (Å²) in [5.41, 5.74) is 2.21. The molecular weight excluding hydrogens is 248 g/mol. The number of aryl methyl sites for hydroxylation is 1. The number of piperidine rings is 1. The Morgan fingerprint density at radius 2 is 2.22 bits per heavy atom. The van der Waals surface area contributed by atoms with E-state index in [0.717, 1.165) is 25.0 Å². The van der Waals surface area contributed by atoms with Crippen molar-refractivity contribution >= 4 is 10.0 Å². The number of aromatic nitrogens is 1. The summed E-state index contributed by atoms with van der Waals surface area (Å²) in [7, 11) is -3.04. The van der Waals surface area contributed by atoms with Gasteiger partial charge in [0.25, 0.3) is 0 Å². The number of sulfonamides is 1. The molecule has 1 aromatic heterocycles. The first-order valence-corrected chi connectivity index (χ1v) is 8.16. The Hall–Kier alpha value is -0.940. The summed E-state index contributed by atoms with van der Waals surface area (Å²) in [6.45, 7) is 3.28. The highest BCUT2D eigenvalue weighted by atomic mass is 32.2. The van der Waals surface area contributed by atoms with Gasteiger partial charge < -0.3 is 0 Å². The van der Waals surface area contributed by atoms with Crippen molar-refractivity contribution < 1.29 is 8.42 Å². The molecule has 100 valence electrons. The lowest BCUT2D eigenvalue weighted by Crippen LogP contribution is -2.39. The molecule has 0 spiro atoms. The fourth-order valence-corrected chi connectivity index (χ4v) is 3.39. The molecule has 0 bridgehead atoms. The summed E-state index contributed by atoms with van der Waals surface area (Å²) in [6, 6.07) is 4.09. The van der Waals surface area contributed by atoms with Gasteiger partial charge in [0.05, 0.1) is 6.26 Å². The Balaban J connectivity index is 2.00. The lowest BCUT2D eigenvalue weighted by atomic mass is 9.93. The molecule has 2 rings (SSSR count). The highest BCUT2D eigenvalue weighted by molar-refractivity contribution is 7.88. The molecule has 1 aliphatic heterocycles. The minimum Gasteiger partial charge on any atom is -0.261 e. The van der Waals surface area contributed by atoms with E-state index in [1.54, 1.807) is 4.31 Å². The van der Waals surface area contributed by atoms with Crippen molar-refractivity contribution in [2.45, 2.75) is 26.2 Å². The van der Waals surface area contributed by atoms with Gasteiger partial charge in [0.2, 0.25) is 10.0 Å². The van der Waals surface area contributed by atoms with Crippen molar-refractivity contribution in [3.8, 4) is 0 Å². The van der Waals surface area contributed by atoms with Gasteiger partial charge in [-0.25, -0.2) is 12.7 Å². The van der Waals surface area contributed by atoms with Gasteiger partial charge in [-0.1, -0.05) is 6.07 Å². The summed E-state index contributed by atoms with van der Waals surface area (Å²) in [6.07, 6.45) is 6.16. The number of hydrogen-bond acceptors (Lipinski definition) is 3. The molecule has 1 aromatic rings. The lowest BCUT2D eigenvalue weighted by Gasteiger charge is -2.30. The van der Waals surface area contributed by atoms with Crippen LogP contribution in [-0.4, -0.2) is 37.1 Å². The van der Waals surface area contributed by atoms with Crippen LogP contribution in [-0.2, 0) is 16.4 Å². The minimum absolute atomic E-state index is 0.415. The molecule has 5 heteroatoms. The number of hydrogen-bond donors (Lipinski definition) is 0. The van der Waals surface area contributed by atoms with Crippen LogP contribution in [0.15, 0.2) is 18.3 Å². The fourth-order valence-electron chi connectivity index (χ4n) is 2.45. The third kappa shape index (κ3) is 3.53. The molecule has 1 atom stereocenters. The number of pyridine rings is 1. The molecule has 0 aliphatic carbocycles. The van der Waals surface area contributed by atoms with Gasteiger partial charge in [0.1, 0.15) is 0 Å². The second-order valence-corrected chi connectivity index (χ2v) is 7.12. The van der Waals surface area contributed by atoms with E-state index in [1.807, 2.05) is 19.2 Å². The summed E-state index contributed by atoms with van der Waals surface area (Å²) >= 11 is 0. The predicted octanol–water partition coefficient (Wildman–Crippen LogP) is 1.60. The van der Waals surface area contributed by atoms with Gasteiger partial charge in [0.15, 0.2) is 0 Å². The first-order chi connectivity index (χ1) is 8.45. The fraction of sp³-hybridized carbons (Fsp3) is 0.615. The van der Waals surface area contributed by atoms with Gasteiger partial charge >= 0.3 is 0 Å². The van der Waals surface area contributed by atoms with Crippen LogP contribution in [0.25, 0.3) is 0 Å². The maximum Gasteiger partial charge on any atom is 0.211 e. The van der Waals surface area contributed by atoms with E-state index in [9.17, 15) is 8.42 Å². The Labute approximate surface area is 109 Å². The molecule has 0 radical (unpaired) electrons. The van der Waals surface area contributed by atoms with Crippen LogP contribution in [0.4, 0.5) is 0 Å². The molecule has 0 unspecified atom stereocenters. The van der Waals surface area contributed by atoms with E-state index < -0.39 is 10.0 Å². The van der Waals surface area contributed by atoms with Crippen LogP contribution in [0, 0.1) is 12.8 Å². The van der Waals surface area contributed by atoms with Crippen molar-refractivity contribution in [3.05, 3.63) is 29.6 Å². The van der Waals surface area contributed by atoms with E-state index in [4.69, 9.17) is 0 Å². The largest absolute Gasteiger partial charge is 0.261 e. The molecule has 1 fully saturated rings. The molecular formula is C13H20N2O2S. The van der Waals surface area contributed by atoms with E-state index in [1.165, 1.54) is 11.8 Å². The Morgan fingerprint density at radius 1 is 1.44 bits per heavy atom. The maximum atomic E-state index is 11.5. The summed E-state index contributed by atoms with van der Waals surface area (Å²) < 4.78 is 24.7. The first kappa shape index (κ1) is 13.5. The second-order valence-electron chi connectivity index (χ2n) is 5.14. The first-order valence-electron chi connectivity index (χ1n) is 6.32. The van der Waals surface area contributed by atoms with E-state index in [-0.39, 0.29) is 0 Å². The highest BCUT2D eigenvalue weighted by Gasteiger charge is 2.25. The topological polar surface area (TPSA) is 50.3 Å². The van der Waals surface area contributed by atoms with Gasteiger partial charge in [0, 0.05) is 25.0 Å². The number of rotatable bonds is 3. The Kier molecular flexibility index (Phi) is 4.02. The van der Waals surface area contributed by atoms with Gasteiger partial charge in [-0.15, -0.1) is 0 Å². The summed E-state index contributed by atoms with van der Waals surface area (Å²) in [5.74, 6) is 0.415. The van der Waals surface area contributed by atoms with Crippen LogP contribution >= 0.6 is 0 Å². The van der Waals surface area contributed by atoms with Crippen LogP contribution in [0.2, 0.25) is 0 Å². The number of nitrogens with zero attached hydrogens (tertiary/aromatic N) is 2. The molecule has 2 heterocycles. The zero-order valence-corrected chi connectivity index (χ0v) is 11.8. The zero-order valence-electron chi connectivity index (χ0n) is 11.0. The highest BCUT2D eigenvalue weighted by Crippen LogP contribution is 2.22. The molecule has 4 nitrogen and oxygen atoms in total. The molecule has 0 amide bonds. The monoisotopic (exact) mass is 268 g/mol. The van der Waals surface area contributed by atoms with Gasteiger partial charge in [-0.2, -0.15) is 0 Å². The molecule has 0 saturated carbocycles. The normalized spacial score (nSPS) is 22.0. The average molecular weight is 268 g/mol. The van der Waals surface area contributed by atoms with E-state index in [0.29, 0.717) is 19.0 Å². The quantitative estimate of drug-likeness (QED) is 0.836. The summed E-state index contributed by atoms with van der Waals surface area (Å²) in [5, 5.41) is 0. The maximum absolute atomic E-state index is 11.5. The average Bonchev–Trinajstić information content (AvgIpc) is 2.31. The third-order valence-corrected chi connectivity index (χ3v) is 4.72. The van der Waals surface area contributed by atoms with Crippen molar-refractivity contribution in [2.75, 3.05) is 19.3 Å². The lowest BCUT2D eigenvalue weighted by molar-refractivity contribution is 0.266. The second kappa shape index (κ2) is 5.36. The van der Waals surface area contributed by atoms with E-state index in [2.05, 4.69) is 11.1 Å². The van der Waals surface area contributed by atoms with Crippen LogP contribution in [0.1, 0.15) is 24.1 Å². The third-order valence-electron chi connectivity index (χ3n) is 3.45. The van der Waals surface area contributed by atoms with Gasteiger partial charge in [-0.05, 0) is 43.7 Å². The van der Waals surface area contributed by atoms with Crippen molar-refractivity contribution in [2.24, 2.45) is 5.92 Å². The van der Waals surface area contributed by atoms with Crippen molar-refractivity contribution in [3.63, 3.8) is 0 Å². The zero-order chi connectivity index (χ0) is 13.2. The standard InChI is InChI=1S/C13H20N2O2S/c1-11-5-6-12(9-14-11)8-13-4-3-7-15(10-13)18(2,16)17/h5-6,9,13H,3-4,7-8,10H2,1-2H3/t13-/m1/s1. The van der Waals surface area contributed by atoms with E-state index >= 15 is 0 Å². The van der Waals surface area contributed by atoms with Crippen molar-refractivity contribution in [1.82, 2.24) is 9.29 Å². The van der Waals surface area contributed by atoms with Crippen LogP contribution in [0.3, 0.4) is 0 Å². The smallest absolute Gasteiger partial charge is 0.211 e. The molecule has 0 N–H and O–H groups in total. The Bertz CT molecular complexity index is 496. The molecule has 1 aliphatic rings. The van der Waals surface area contributed by atoms with Gasteiger partial charge in [-0.3, -0.25) is 4.98 Å². The SMILES string of the molecule is Cc1ccc(C[C@H]2CCCN(S(C)(=O)=O)C2)cn1. The predicted molar refractivity (Wildman–Crippen MR) is 71.8 cm³/mol. The molecule has 1 saturated heterocycles. The van der Waals surface area contributed by atoms with Crippen LogP contribution in [0.5, 0.6) is 0 Å². The van der Waals surface area contributed by atoms with Crippen LogP contribution < -0.4 is 0 Å². The molecule has 0 aromatic carbocycles. The minimum atomic E-state index is -3.04. The van der Waals surface area contributed by atoms with Crippen molar-refractivity contribution in [1.29, 1.82) is 0 Å². The summed E-state index contributed by atoms with van der Waals surface area (Å²) in [4.78, 5) is 4.28. The Morgan fingerprint density at radius 3 is 2.83 bits per heavy atom. The molecule has 18 heavy (non-hydrogen) atoms.